The Morgan fingerprint density at radius 1 is 1.04 bits per heavy atom. The number of aliphatic carboxylic acids is 1. The molecule has 2 aromatic rings. The molecule has 2 rings (SSSR count). The van der Waals surface area contributed by atoms with Gasteiger partial charge in [0, 0.05) is 22.6 Å². The first kappa shape index (κ1) is 16.9. The number of hydrogen-bond donors (Lipinski definition) is 2. The van der Waals surface area contributed by atoms with Gasteiger partial charge in [-0.25, -0.2) is 8.78 Å². The molecule has 0 aromatic heterocycles. The molecule has 0 fully saturated rings. The fraction of sp³-hybridized carbons (Fsp3) is 0.125. The maximum Gasteiger partial charge on any atom is 0.303 e. The Kier molecular flexibility index (Phi) is 5.28. The molecule has 0 atom stereocenters. The summed E-state index contributed by atoms with van der Waals surface area (Å²) < 4.78 is 28.5. The van der Waals surface area contributed by atoms with Gasteiger partial charge < -0.3 is 10.3 Å². The van der Waals surface area contributed by atoms with Gasteiger partial charge in [0.25, 0.3) is 0 Å². The van der Waals surface area contributed by atoms with E-state index in [1.54, 1.807) is 24.3 Å². The molecular weight excluding hydrogens is 328 g/mol. The highest BCUT2D eigenvalue weighted by Gasteiger charge is 2.19. The smallest absolute Gasteiger partial charge is 0.303 e. The summed E-state index contributed by atoms with van der Waals surface area (Å²) >= 11 is 5.76. The van der Waals surface area contributed by atoms with Crippen LogP contribution in [0.2, 0.25) is 5.02 Å². The molecular formula is C16H12ClF2NO3. The molecule has 0 aliphatic carbocycles. The first-order chi connectivity index (χ1) is 10.9. The van der Waals surface area contributed by atoms with E-state index in [-0.39, 0.29) is 29.7 Å². The standard InChI is InChI=1S/C16H12ClF2NO3/c17-10-3-1-9(2-4-10)11-5-6-12(16(19)15(11)18)13(20-23)7-8-14(21)22/h1-6,23H,7-8H2,(H,21,22)/b20-13+. The van der Waals surface area contributed by atoms with Gasteiger partial charge in [0.15, 0.2) is 11.6 Å². The topological polar surface area (TPSA) is 69.9 Å². The number of carboxylic acid groups (broad SMARTS) is 1. The molecule has 0 bridgehead atoms. The molecule has 120 valence electrons. The van der Waals surface area contributed by atoms with Gasteiger partial charge >= 0.3 is 5.97 Å². The van der Waals surface area contributed by atoms with Crippen molar-refractivity contribution in [2.75, 3.05) is 0 Å². The second kappa shape index (κ2) is 7.19. The largest absolute Gasteiger partial charge is 0.481 e. The Hall–Kier alpha value is -2.47. The van der Waals surface area contributed by atoms with Crippen molar-refractivity contribution in [1.82, 2.24) is 0 Å². The van der Waals surface area contributed by atoms with Crippen molar-refractivity contribution in [3.05, 3.63) is 58.6 Å². The third-order valence-corrected chi connectivity index (χ3v) is 3.50. The molecule has 0 unspecified atom stereocenters. The molecule has 0 aliphatic rings. The van der Waals surface area contributed by atoms with E-state index < -0.39 is 17.6 Å². The van der Waals surface area contributed by atoms with E-state index in [1.807, 2.05) is 0 Å². The summed E-state index contributed by atoms with van der Waals surface area (Å²) in [5, 5.41) is 20.9. The quantitative estimate of drug-likeness (QED) is 0.484. The number of carboxylic acids is 1. The molecule has 0 saturated carbocycles. The monoisotopic (exact) mass is 339 g/mol. The van der Waals surface area contributed by atoms with Crippen LogP contribution >= 0.6 is 11.6 Å². The van der Waals surface area contributed by atoms with Gasteiger partial charge in [-0.05, 0) is 23.8 Å². The van der Waals surface area contributed by atoms with Crippen LogP contribution in [0.5, 0.6) is 0 Å². The molecule has 23 heavy (non-hydrogen) atoms. The molecule has 2 N–H and O–H groups in total. The normalized spacial score (nSPS) is 11.5. The Labute approximate surface area is 135 Å². The van der Waals surface area contributed by atoms with Gasteiger partial charge in [-0.2, -0.15) is 0 Å². The number of halogens is 3. The summed E-state index contributed by atoms with van der Waals surface area (Å²) in [7, 11) is 0. The lowest BCUT2D eigenvalue weighted by Crippen LogP contribution is -2.09. The summed E-state index contributed by atoms with van der Waals surface area (Å²) in [6, 6.07) is 8.78. The molecule has 0 radical (unpaired) electrons. The van der Waals surface area contributed by atoms with E-state index in [9.17, 15) is 13.6 Å². The van der Waals surface area contributed by atoms with Crippen LogP contribution < -0.4 is 0 Å². The van der Waals surface area contributed by atoms with Gasteiger partial charge in [0.1, 0.15) is 0 Å². The van der Waals surface area contributed by atoms with Gasteiger partial charge in [0.05, 0.1) is 12.1 Å². The summed E-state index contributed by atoms with van der Waals surface area (Å²) in [5.41, 5.74) is -0.0424. The van der Waals surface area contributed by atoms with E-state index in [0.29, 0.717) is 10.6 Å². The summed E-state index contributed by atoms with van der Waals surface area (Å²) in [6.45, 7) is 0. The second-order valence-corrected chi connectivity index (χ2v) is 5.17. The average molecular weight is 340 g/mol. The molecule has 0 spiro atoms. The van der Waals surface area contributed by atoms with Crippen molar-refractivity contribution >= 4 is 23.3 Å². The summed E-state index contributed by atoms with van der Waals surface area (Å²) in [5.74, 6) is -3.44. The zero-order valence-corrected chi connectivity index (χ0v) is 12.5. The van der Waals surface area contributed by atoms with Crippen molar-refractivity contribution in [1.29, 1.82) is 0 Å². The predicted octanol–water partition coefficient (Wildman–Crippen LogP) is 4.33. The van der Waals surface area contributed by atoms with Crippen molar-refractivity contribution in [2.45, 2.75) is 12.8 Å². The van der Waals surface area contributed by atoms with Crippen LogP contribution in [0.4, 0.5) is 8.78 Å². The highest BCUT2D eigenvalue weighted by Crippen LogP contribution is 2.28. The Morgan fingerprint density at radius 3 is 2.26 bits per heavy atom. The highest BCUT2D eigenvalue weighted by molar-refractivity contribution is 6.30. The predicted molar refractivity (Wildman–Crippen MR) is 82.0 cm³/mol. The van der Waals surface area contributed by atoms with Gasteiger partial charge in [-0.15, -0.1) is 0 Å². The lowest BCUT2D eigenvalue weighted by atomic mass is 9.99. The number of oxime groups is 1. The summed E-state index contributed by atoms with van der Waals surface area (Å²) in [6.07, 6.45) is -0.581. The van der Waals surface area contributed by atoms with E-state index in [0.717, 1.165) is 0 Å². The summed E-state index contributed by atoms with van der Waals surface area (Å²) in [4.78, 5) is 10.6. The first-order valence-electron chi connectivity index (χ1n) is 6.61. The van der Waals surface area contributed by atoms with Crippen LogP contribution in [0.3, 0.4) is 0 Å². The van der Waals surface area contributed by atoms with Crippen LogP contribution in [0.1, 0.15) is 18.4 Å². The zero-order chi connectivity index (χ0) is 17.0. The molecule has 0 aliphatic heterocycles. The van der Waals surface area contributed by atoms with Crippen LogP contribution in [-0.4, -0.2) is 22.0 Å². The minimum Gasteiger partial charge on any atom is -0.481 e. The molecule has 2 aromatic carbocycles. The minimum atomic E-state index is -1.20. The van der Waals surface area contributed by atoms with Crippen molar-refractivity contribution in [2.24, 2.45) is 5.16 Å². The van der Waals surface area contributed by atoms with Crippen LogP contribution in [0, 0.1) is 11.6 Å². The van der Waals surface area contributed by atoms with E-state index in [4.69, 9.17) is 21.9 Å². The van der Waals surface area contributed by atoms with Crippen LogP contribution in [-0.2, 0) is 4.79 Å². The maximum absolute atomic E-state index is 14.3. The number of carbonyl (C=O) groups is 1. The third kappa shape index (κ3) is 3.84. The Bertz CT molecular complexity index is 761. The number of nitrogens with zero attached hydrogens (tertiary/aromatic N) is 1. The SMILES string of the molecule is O=C(O)CC/C(=N\O)c1ccc(-c2ccc(Cl)cc2)c(F)c1F. The maximum atomic E-state index is 14.3. The van der Waals surface area contributed by atoms with Gasteiger partial charge in [0.2, 0.25) is 0 Å². The minimum absolute atomic E-state index is 0.0263. The van der Waals surface area contributed by atoms with Crippen molar-refractivity contribution < 1.29 is 23.9 Å². The molecule has 0 saturated heterocycles. The fourth-order valence-electron chi connectivity index (χ4n) is 2.09. The van der Waals surface area contributed by atoms with Crippen LogP contribution in [0.25, 0.3) is 11.1 Å². The Morgan fingerprint density at radius 2 is 1.70 bits per heavy atom. The second-order valence-electron chi connectivity index (χ2n) is 4.74. The molecule has 4 nitrogen and oxygen atoms in total. The number of benzene rings is 2. The zero-order valence-electron chi connectivity index (χ0n) is 11.8. The van der Waals surface area contributed by atoms with E-state index in [2.05, 4.69) is 5.16 Å². The molecule has 0 heterocycles. The van der Waals surface area contributed by atoms with Crippen molar-refractivity contribution in [3.8, 4) is 11.1 Å². The molecule has 7 heteroatoms. The lowest BCUT2D eigenvalue weighted by molar-refractivity contribution is -0.136. The molecule has 0 amide bonds. The van der Waals surface area contributed by atoms with Crippen LogP contribution in [0.15, 0.2) is 41.6 Å². The fourth-order valence-corrected chi connectivity index (χ4v) is 2.21. The lowest BCUT2D eigenvalue weighted by Gasteiger charge is -2.10. The van der Waals surface area contributed by atoms with Gasteiger partial charge in [-0.1, -0.05) is 35.0 Å². The van der Waals surface area contributed by atoms with Crippen molar-refractivity contribution in [3.63, 3.8) is 0 Å². The number of hydrogen-bond acceptors (Lipinski definition) is 3. The van der Waals surface area contributed by atoms with E-state index in [1.165, 1.54) is 12.1 Å². The van der Waals surface area contributed by atoms with Gasteiger partial charge in [-0.3, -0.25) is 4.79 Å². The highest BCUT2D eigenvalue weighted by atomic mass is 35.5. The number of rotatable bonds is 5. The third-order valence-electron chi connectivity index (χ3n) is 3.24. The van der Waals surface area contributed by atoms with E-state index >= 15 is 0 Å². The average Bonchev–Trinajstić information content (AvgIpc) is 2.52. The Balaban J connectivity index is 2.40. The first-order valence-corrected chi connectivity index (χ1v) is 6.99.